The van der Waals surface area contributed by atoms with Crippen molar-refractivity contribution in [3.05, 3.63) is 71.3 Å². The molecular weight excluding hydrogens is 345 g/mol. The standard InChI is InChI=1S/C17H18N.HI/c1-13-17(14-8-4-3-5-9-14)16-11-7-6-10-15(16)12-18(13)2;/h3-13,17H,1-2H3;1H/q+1;/p-1/t13-,17+;/m0./s1. The Hall–Kier alpha value is -1.16. The van der Waals surface area contributed by atoms with Crippen molar-refractivity contribution in [1.29, 1.82) is 0 Å². The van der Waals surface area contributed by atoms with Crippen LogP contribution in [0.4, 0.5) is 0 Å². The van der Waals surface area contributed by atoms with Gasteiger partial charge >= 0.3 is 0 Å². The van der Waals surface area contributed by atoms with Crippen molar-refractivity contribution >= 4 is 6.21 Å². The Kier molecular flexibility index (Phi) is 4.40. The molecule has 0 radical (unpaired) electrons. The average molecular weight is 363 g/mol. The van der Waals surface area contributed by atoms with Crippen LogP contribution in [0.5, 0.6) is 0 Å². The minimum Gasteiger partial charge on any atom is -1.00 e. The van der Waals surface area contributed by atoms with Crippen molar-refractivity contribution in [2.24, 2.45) is 0 Å². The lowest BCUT2D eigenvalue weighted by molar-refractivity contribution is -0.533. The Balaban J connectivity index is 0.00000133. The fourth-order valence-electron chi connectivity index (χ4n) is 2.86. The Morgan fingerprint density at radius 1 is 0.895 bits per heavy atom. The molecule has 3 rings (SSSR count). The SMILES string of the molecule is C[C@H]1[C@H](c2ccccc2)c2ccccc2C=[N+]1C.[I-]. The minimum absolute atomic E-state index is 0. The molecular formula is C17H18IN. The summed E-state index contributed by atoms with van der Waals surface area (Å²) in [4.78, 5) is 0. The van der Waals surface area contributed by atoms with Gasteiger partial charge in [-0.05, 0) is 24.1 Å². The maximum absolute atomic E-state index is 2.32. The Labute approximate surface area is 132 Å². The summed E-state index contributed by atoms with van der Waals surface area (Å²) in [6.07, 6.45) is 2.25. The molecule has 0 bridgehead atoms. The van der Waals surface area contributed by atoms with Gasteiger partial charge in [-0.2, -0.15) is 0 Å². The fraction of sp³-hybridized carbons (Fsp3) is 0.235. The Morgan fingerprint density at radius 2 is 1.53 bits per heavy atom. The second kappa shape index (κ2) is 5.87. The predicted molar refractivity (Wildman–Crippen MR) is 75.5 cm³/mol. The molecule has 2 aromatic rings. The van der Waals surface area contributed by atoms with Gasteiger partial charge in [-0.25, -0.2) is 4.58 Å². The van der Waals surface area contributed by atoms with E-state index in [1.807, 2.05) is 0 Å². The van der Waals surface area contributed by atoms with Gasteiger partial charge in [-0.1, -0.05) is 48.5 Å². The highest BCUT2D eigenvalue weighted by atomic mass is 127. The van der Waals surface area contributed by atoms with Crippen molar-refractivity contribution in [2.75, 3.05) is 7.05 Å². The van der Waals surface area contributed by atoms with Gasteiger partial charge in [0.15, 0.2) is 12.3 Å². The van der Waals surface area contributed by atoms with Gasteiger partial charge in [0.2, 0.25) is 0 Å². The molecule has 0 saturated carbocycles. The molecule has 2 aromatic carbocycles. The van der Waals surface area contributed by atoms with Crippen molar-refractivity contribution < 1.29 is 28.6 Å². The highest BCUT2D eigenvalue weighted by Crippen LogP contribution is 2.33. The first-order chi connectivity index (χ1) is 8.77. The number of halogens is 1. The number of rotatable bonds is 1. The normalized spacial score (nSPS) is 21.1. The van der Waals surface area contributed by atoms with Crippen molar-refractivity contribution in [3.8, 4) is 0 Å². The summed E-state index contributed by atoms with van der Waals surface area (Å²) in [5.74, 6) is 0.456. The molecule has 0 saturated heterocycles. The number of likely N-dealkylation sites (N-methyl/N-ethyl adjacent to an activating group) is 1. The third-order valence-electron chi connectivity index (χ3n) is 3.96. The Morgan fingerprint density at radius 3 is 2.26 bits per heavy atom. The quantitative estimate of drug-likeness (QED) is 0.506. The van der Waals surface area contributed by atoms with Crippen molar-refractivity contribution in [2.45, 2.75) is 18.9 Å². The predicted octanol–water partition coefficient (Wildman–Crippen LogP) is 0.286. The highest BCUT2D eigenvalue weighted by molar-refractivity contribution is 5.80. The van der Waals surface area contributed by atoms with Crippen LogP contribution in [0.3, 0.4) is 0 Å². The third kappa shape index (κ3) is 2.59. The van der Waals surface area contributed by atoms with Crippen molar-refractivity contribution in [1.82, 2.24) is 0 Å². The topological polar surface area (TPSA) is 3.01 Å². The molecule has 1 aliphatic heterocycles. The van der Waals surface area contributed by atoms with E-state index < -0.39 is 0 Å². The third-order valence-corrected chi connectivity index (χ3v) is 3.96. The number of fused-ring (bicyclic) bond motifs is 1. The van der Waals surface area contributed by atoms with E-state index in [4.69, 9.17) is 0 Å². The highest BCUT2D eigenvalue weighted by Gasteiger charge is 2.32. The van der Waals surface area contributed by atoms with Crippen LogP contribution in [0, 0.1) is 0 Å². The van der Waals surface area contributed by atoms with E-state index in [0.717, 1.165) is 0 Å². The van der Waals surface area contributed by atoms with Gasteiger partial charge in [0.05, 0.1) is 5.92 Å². The van der Waals surface area contributed by atoms with E-state index in [9.17, 15) is 0 Å². The molecule has 1 nitrogen and oxygen atoms in total. The average Bonchev–Trinajstić information content (AvgIpc) is 2.41. The van der Waals surface area contributed by atoms with E-state index in [0.29, 0.717) is 12.0 Å². The molecule has 0 fully saturated rings. The van der Waals surface area contributed by atoms with Gasteiger partial charge in [-0.3, -0.25) is 0 Å². The van der Waals surface area contributed by atoms with Gasteiger partial charge in [-0.15, -0.1) is 0 Å². The van der Waals surface area contributed by atoms with E-state index in [-0.39, 0.29) is 24.0 Å². The Bertz CT molecular complexity index is 589. The monoisotopic (exact) mass is 363 g/mol. The molecule has 1 heterocycles. The zero-order valence-electron chi connectivity index (χ0n) is 11.3. The summed E-state index contributed by atoms with van der Waals surface area (Å²) in [7, 11) is 2.16. The molecule has 2 atom stereocenters. The van der Waals surface area contributed by atoms with Crippen molar-refractivity contribution in [3.63, 3.8) is 0 Å². The first-order valence-electron chi connectivity index (χ1n) is 6.48. The number of nitrogens with zero attached hydrogens (tertiary/aromatic N) is 1. The summed E-state index contributed by atoms with van der Waals surface area (Å²) in [6, 6.07) is 20.0. The molecule has 0 unspecified atom stereocenters. The largest absolute Gasteiger partial charge is 1.00 e. The van der Waals surface area contributed by atoms with Crippen LogP contribution in [-0.2, 0) is 0 Å². The lowest BCUT2D eigenvalue weighted by Gasteiger charge is -2.26. The van der Waals surface area contributed by atoms with Crippen LogP contribution in [0.2, 0.25) is 0 Å². The summed E-state index contributed by atoms with van der Waals surface area (Å²) in [6.45, 7) is 2.30. The van der Waals surface area contributed by atoms with E-state index in [1.54, 1.807) is 0 Å². The van der Waals surface area contributed by atoms with Crippen LogP contribution in [0.15, 0.2) is 54.6 Å². The maximum Gasteiger partial charge on any atom is 0.170 e. The van der Waals surface area contributed by atoms with Gasteiger partial charge < -0.3 is 24.0 Å². The molecule has 0 N–H and O–H groups in total. The number of hydrogen-bond acceptors (Lipinski definition) is 0. The second-order valence-corrected chi connectivity index (χ2v) is 5.05. The van der Waals surface area contributed by atoms with Crippen LogP contribution in [0.25, 0.3) is 0 Å². The lowest BCUT2D eigenvalue weighted by Crippen LogP contribution is -3.00. The summed E-state index contributed by atoms with van der Waals surface area (Å²) in [5, 5.41) is 0. The number of hydrogen-bond donors (Lipinski definition) is 0. The summed E-state index contributed by atoms with van der Waals surface area (Å²) < 4.78 is 2.32. The molecule has 19 heavy (non-hydrogen) atoms. The van der Waals surface area contributed by atoms with Crippen LogP contribution < -0.4 is 24.0 Å². The molecule has 0 amide bonds. The number of benzene rings is 2. The van der Waals surface area contributed by atoms with E-state index in [1.165, 1.54) is 16.7 Å². The minimum atomic E-state index is 0. The molecule has 2 heteroatoms. The maximum atomic E-state index is 2.32. The van der Waals surface area contributed by atoms with Crippen LogP contribution in [0.1, 0.15) is 29.5 Å². The van der Waals surface area contributed by atoms with Gasteiger partial charge in [0.1, 0.15) is 7.05 Å². The fourth-order valence-corrected chi connectivity index (χ4v) is 2.86. The van der Waals surface area contributed by atoms with Crippen LogP contribution in [-0.4, -0.2) is 23.9 Å². The molecule has 98 valence electrons. The first kappa shape index (κ1) is 14.3. The molecule has 0 spiro atoms. The van der Waals surface area contributed by atoms with Gasteiger partial charge in [0, 0.05) is 5.56 Å². The zero-order valence-corrected chi connectivity index (χ0v) is 13.4. The van der Waals surface area contributed by atoms with Gasteiger partial charge in [0.25, 0.3) is 0 Å². The molecule has 0 aromatic heterocycles. The van der Waals surface area contributed by atoms with Crippen LogP contribution >= 0.6 is 0 Å². The van der Waals surface area contributed by atoms with E-state index >= 15 is 0 Å². The van der Waals surface area contributed by atoms with E-state index in [2.05, 4.69) is 79.4 Å². The summed E-state index contributed by atoms with van der Waals surface area (Å²) in [5.41, 5.74) is 4.18. The molecule has 0 aliphatic carbocycles. The summed E-state index contributed by atoms with van der Waals surface area (Å²) >= 11 is 0. The first-order valence-corrected chi connectivity index (χ1v) is 6.48. The zero-order chi connectivity index (χ0) is 12.5. The smallest absolute Gasteiger partial charge is 0.170 e. The second-order valence-electron chi connectivity index (χ2n) is 5.05. The lowest BCUT2D eigenvalue weighted by atomic mass is 9.81. The molecule has 1 aliphatic rings.